The van der Waals surface area contributed by atoms with Crippen LogP contribution in [0.4, 0.5) is 0 Å². The van der Waals surface area contributed by atoms with Gasteiger partial charge in [0, 0.05) is 13.0 Å². The molecule has 0 spiro atoms. The molecule has 1 aromatic heterocycles. The van der Waals surface area contributed by atoms with Crippen molar-refractivity contribution >= 4 is 0 Å². The van der Waals surface area contributed by atoms with Crippen molar-refractivity contribution in [3.8, 4) is 0 Å². The minimum atomic E-state index is -0.0579. The van der Waals surface area contributed by atoms with Crippen molar-refractivity contribution in [3.63, 3.8) is 0 Å². The van der Waals surface area contributed by atoms with Crippen molar-refractivity contribution in [2.75, 3.05) is 6.54 Å². The largest absolute Gasteiger partial charge is 0.339 e. The lowest BCUT2D eigenvalue weighted by Crippen LogP contribution is -2.25. The van der Waals surface area contributed by atoms with Crippen LogP contribution in [0.5, 0.6) is 0 Å². The van der Waals surface area contributed by atoms with E-state index in [9.17, 15) is 0 Å². The standard InChI is InChI=1S/C15H19N3O/c16-11-8-13-17-14(18-19-13)15(9-4-5-10-15)12-6-2-1-3-7-12/h1-3,6-7H,4-5,8-11,16H2. The maximum Gasteiger partial charge on any atom is 0.227 e. The summed E-state index contributed by atoms with van der Waals surface area (Å²) < 4.78 is 5.32. The molecule has 0 amide bonds. The fraction of sp³-hybridized carbons (Fsp3) is 0.467. The van der Waals surface area contributed by atoms with Crippen LogP contribution < -0.4 is 5.73 Å². The van der Waals surface area contributed by atoms with Gasteiger partial charge in [-0.15, -0.1) is 0 Å². The fourth-order valence-corrected chi connectivity index (χ4v) is 3.05. The number of hydrogen-bond donors (Lipinski definition) is 1. The first-order valence-corrected chi connectivity index (χ1v) is 6.94. The molecule has 0 aliphatic heterocycles. The average Bonchev–Trinajstić information content (AvgIpc) is 3.09. The van der Waals surface area contributed by atoms with Gasteiger partial charge in [-0.1, -0.05) is 48.3 Å². The molecule has 100 valence electrons. The third-order valence-electron chi connectivity index (χ3n) is 4.04. The molecule has 3 rings (SSSR count). The first-order valence-electron chi connectivity index (χ1n) is 6.94. The third-order valence-corrected chi connectivity index (χ3v) is 4.04. The van der Waals surface area contributed by atoms with Crippen LogP contribution in [0.15, 0.2) is 34.9 Å². The summed E-state index contributed by atoms with van der Waals surface area (Å²) in [6.07, 6.45) is 5.28. The summed E-state index contributed by atoms with van der Waals surface area (Å²) in [5.74, 6) is 1.49. The smallest absolute Gasteiger partial charge is 0.227 e. The predicted octanol–water partition coefficient (Wildman–Crippen LogP) is 2.43. The number of rotatable bonds is 4. The van der Waals surface area contributed by atoms with Crippen LogP contribution >= 0.6 is 0 Å². The molecule has 0 atom stereocenters. The van der Waals surface area contributed by atoms with Gasteiger partial charge in [-0.05, 0) is 18.4 Å². The highest BCUT2D eigenvalue weighted by molar-refractivity contribution is 5.33. The maximum atomic E-state index is 5.54. The summed E-state index contributed by atoms with van der Waals surface area (Å²) in [7, 11) is 0. The van der Waals surface area contributed by atoms with Crippen molar-refractivity contribution < 1.29 is 4.52 Å². The molecule has 0 unspecified atom stereocenters. The molecule has 1 aliphatic rings. The van der Waals surface area contributed by atoms with E-state index in [1.54, 1.807) is 0 Å². The van der Waals surface area contributed by atoms with Gasteiger partial charge in [-0.3, -0.25) is 0 Å². The fourth-order valence-electron chi connectivity index (χ4n) is 3.05. The Morgan fingerprint density at radius 3 is 2.58 bits per heavy atom. The highest BCUT2D eigenvalue weighted by Crippen LogP contribution is 2.44. The lowest BCUT2D eigenvalue weighted by molar-refractivity contribution is 0.361. The van der Waals surface area contributed by atoms with Gasteiger partial charge in [-0.25, -0.2) is 0 Å². The monoisotopic (exact) mass is 257 g/mol. The number of nitrogens with zero attached hydrogens (tertiary/aromatic N) is 2. The highest BCUT2D eigenvalue weighted by Gasteiger charge is 2.41. The Labute approximate surface area is 113 Å². The zero-order chi connectivity index (χ0) is 13.1. The van der Waals surface area contributed by atoms with Crippen LogP contribution in [0.1, 0.15) is 43.0 Å². The van der Waals surface area contributed by atoms with Gasteiger partial charge < -0.3 is 10.3 Å². The summed E-state index contributed by atoms with van der Waals surface area (Å²) in [6, 6.07) is 10.5. The van der Waals surface area contributed by atoms with E-state index >= 15 is 0 Å². The Morgan fingerprint density at radius 1 is 1.16 bits per heavy atom. The van der Waals surface area contributed by atoms with Crippen LogP contribution in [-0.4, -0.2) is 16.7 Å². The van der Waals surface area contributed by atoms with Crippen LogP contribution in [0, 0.1) is 0 Å². The van der Waals surface area contributed by atoms with Gasteiger partial charge >= 0.3 is 0 Å². The minimum Gasteiger partial charge on any atom is -0.339 e. The second-order valence-electron chi connectivity index (χ2n) is 5.21. The topological polar surface area (TPSA) is 64.9 Å². The summed E-state index contributed by atoms with van der Waals surface area (Å²) in [4.78, 5) is 4.57. The molecule has 0 bridgehead atoms. The first kappa shape index (κ1) is 12.4. The summed E-state index contributed by atoms with van der Waals surface area (Å²) >= 11 is 0. The molecule has 1 saturated carbocycles. The minimum absolute atomic E-state index is 0.0579. The predicted molar refractivity (Wildman–Crippen MR) is 72.7 cm³/mol. The van der Waals surface area contributed by atoms with Gasteiger partial charge in [0.25, 0.3) is 0 Å². The van der Waals surface area contributed by atoms with Gasteiger partial charge in [0.05, 0.1) is 5.41 Å². The van der Waals surface area contributed by atoms with E-state index in [2.05, 4.69) is 34.4 Å². The Morgan fingerprint density at radius 2 is 1.89 bits per heavy atom. The molecule has 4 heteroatoms. The second kappa shape index (κ2) is 5.13. The van der Waals surface area contributed by atoms with E-state index in [1.807, 2.05) is 6.07 Å². The quantitative estimate of drug-likeness (QED) is 0.913. The molecule has 0 radical (unpaired) electrons. The highest BCUT2D eigenvalue weighted by atomic mass is 16.5. The van der Waals surface area contributed by atoms with E-state index in [0.29, 0.717) is 18.9 Å². The van der Waals surface area contributed by atoms with Gasteiger partial charge in [0.1, 0.15) is 0 Å². The second-order valence-corrected chi connectivity index (χ2v) is 5.21. The zero-order valence-corrected chi connectivity index (χ0v) is 11.0. The molecule has 2 aromatic rings. The molecule has 1 aliphatic carbocycles. The van der Waals surface area contributed by atoms with Crippen LogP contribution in [-0.2, 0) is 11.8 Å². The van der Waals surface area contributed by atoms with Gasteiger partial charge in [0.2, 0.25) is 5.89 Å². The van der Waals surface area contributed by atoms with Gasteiger partial charge in [0.15, 0.2) is 5.82 Å². The van der Waals surface area contributed by atoms with Crippen LogP contribution in [0.2, 0.25) is 0 Å². The molecule has 1 aromatic carbocycles. The normalized spacial score (nSPS) is 17.7. The molecular formula is C15H19N3O. The lowest BCUT2D eigenvalue weighted by atomic mass is 9.78. The Hall–Kier alpha value is -1.68. The van der Waals surface area contributed by atoms with E-state index in [1.165, 1.54) is 18.4 Å². The van der Waals surface area contributed by atoms with Crippen molar-refractivity contribution in [1.82, 2.24) is 10.1 Å². The molecule has 19 heavy (non-hydrogen) atoms. The molecular weight excluding hydrogens is 238 g/mol. The molecule has 4 nitrogen and oxygen atoms in total. The van der Waals surface area contributed by atoms with Crippen LogP contribution in [0.3, 0.4) is 0 Å². The van der Waals surface area contributed by atoms with Crippen molar-refractivity contribution in [2.45, 2.75) is 37.5 Å². The number of hydrogen-bond acceptors (Lipinski definition) is 4. The third kappa shape index (κ3) is 2.16. The average molecular weight is 257 g/mol. The molecule has 1 heterocycles. The Bertz CT molecular complexity index is 529. The lowest BCUT2D eigenvalue weighted by Gasteiger charge is -2.25. The first-order chi connectivity index (χ1) is 9.35. The van der Waals surface area contributed by atoms with E-state index < -0.39 is 0 Å². The molecule has 0 saturated heterocycles. The van der Waals surface area contributed by atoms with E-state index in [-0.39, 0.29) is 5.41 Å². The molecule has 2 N–H and O–H groups in total. The van der Waals surface area contributed by atoms with Crippen molar-refractivity contribution in [3.05, 3.63) is 47.6 Å². The van der Waals surface area contributed by atoms with E-state index in [4.69, 9.17) is 10.3 Å². The summed E-state index contributed by atoms with van der Waals surface area (Å²) in [6.45, 7) is 0.542. The van der Waals surface area contributed by atoms with Crippen molar-refractivity contribution in [2.24, 2.45) is 5.73 Å². The number of benzene rings is 1. The Kier molecular flexibility index (Phi) is 3.34. The van der Waals surface area contributed by atoms with E-state index in [0.717, 1.165) is 18.7 Å². The maximum absolute atomic E-state index is 5.54. The SMILES string of the molecule is NCCc1nc(C2(c3ccccc3)CCCC2)no1. The number of aromatic nitrogens is 2. The zero-order valence-electron chi connectivity index (χ0n) is 11.0. The van der Waals surface area contributed by atoms with Gasteiger partial charge in [-0.2, -0.15) is 4.98 Å². The summed E-state index contributed by atoms with van der Waals surface area (Å²) in [5, 5.41) is 4.22. The Balaban J connectivity index is 2.00. The number of nitrogens with two attached hydrogens (primary N) is 1. The summed E-state index contributed by atoms with van der Waals surface area (Å²) in [5.41, 5.74) is 6.78. The van der Waals surface area contributed by atoms with Crippen molar-refractivity contribution in [1.29, 1.82) is 0 Å². The molecule has 1 fully saturated rings. The van der Waals surface area contributed by atoms with Crippen LogP contribution in [0.25, 0.3) is 0 Å².